The minimum absolute atomic E-state index is 0.0387. The molecule has 1 atom stereocenters. The van der Waals surface area contributed by atoms with Gasteiger partial charge in [0.1, 0.15) is 29.3 Å². The molecule has 1 spiro atoms. The molecule has 230 valence electrons. The molecule has 45 heavy (non-hydrogen) atoms. The van der Waals surface area contributed by atoms with Crippen molar-refractivity contribution in [3.05, 3.63) is 90.0 Å². The van der Waals surface area contributed by atoms with Crippen LogP contribution in [0.4, 0.5) is 0 Å². The van der Waals surface area contributed by atoms with E-state index in [1.54, 1.807) is 43.3 Å². The Bertz CT molecular complexity index is 2070. The lowest BCUT2D eigenvalue weighted by atomic mass is 9.76. The van der Waals surface area contributed by atoms with Crippen LogP contribution in [0.15, 0.2) is 45.4 Å². The van der Waals surface area contributed by atoms with Gasteiger partial charge in [0.2, 0.25) is 5.78 Å². The quantitative estimate of drug-likeness (QED) is 0.169. The van der Waals surface area contributed by atoms with Gasteiger partial charge in [0.05, 0.1) is 27.6 Å². The number of hydrogen-bond acceptors (Lipinski definition) is 10. The maximum atomic E-state index is 14.3. The number of H-pyrrole nitrogens is 1. The largest absolute Gasteiger partial charge is 0.507 e. The zero-order valence-corrected chi connectivity index (χ0v) is 26.0. The molecule has 3 aliphatic rings. The van der Waals surface area contributed by atoms with E-state index in [1.807, 2.05) is 13.0 Å². The lowest BCUT2D eigenvalue weighted by molar-refractivity contribution is 0.0790. The highest BCUT2D eigenvalue weighted by Crippen LogP contribution is 2.58. The summed E-state index contributed by atoms with van der Waals surface area (Å²) >= 11 is 3.52. The maximum Gasteiger partial charge on any atom is 0.260 e. The maximum absolute atomic E-state index is 14.3. The molecule has 12 heteroatoms. The fourth-order valence-corrected chi connectivity index (χ4v) is 7.17. The molecule has 1 aromatic heterocycles. The number of benzene rings is 2. The van der Waals surface area contributed by atoms with Crippen molar-refractivity contribution < 1.29 is 39.2 Å². The van der Waals surface area contributed by atoms with Crippen LogP contribution in [0.2, 0.25) is 0 Å². The topological polar surface area (TPSA) is 174 Å². The zero-order chi connectivity index (χ0) is 32.5. The van der Waals surface area contributed by atoms with Crippen LogP contribution in [-0.2, 0) is 16.6 Å². The van der Waals surface area contributed by atoms with E-state index in [4.69, 9.17) is 4.74 Å². The third-order valence-electron chi connectivity index (χ3n) is 8.52. The molecule has 3 aliphatic carbocycles. The lowest BCUT2D eigenvalue weighted by Crippen LogP contribution is -2.36. The van der Waals surface area contributed by atoms with Gasteiger partial charge in [-0.1, -0.05) is 18.2 Å². The molecule has 0 fully saturated rings. The minimum Gasteiger partial charge on any atom is -0.507 e. The SMILES string of the molecule is C/C=C/C=C/c1cc2c(Br)c3c(c(O)c2c(=O)[nH]1)[C@@]1(CC3)C(=O)c2c(O)c3c(c(O)c2C1=O)C(=O)C(OCCN(C)C)=CC3=O. The number of rotatable bonds is 6. The van der Waals surface area contributed by atoms with E-state index in [-0.39, 0.29) is 36.2 Å². The van der Waals surface area contributed by atoms with Crippen molar-refractivity contribution in [2.24, 2.45) is 0 Å². The molecule has 0 saturated carbocycles. The number of aromatic nitrogens is 1. The summed E-state index contributed by atoms with van der Waals surface area (Å²) in [5, 5.41) is 34.4. The number of fused-ring (bicyclic) bond motifs is 5. The van der Waals surface area contributed by atoms with Crippen LogP contribution in [0.5, 0.6) is 17.2 Å². The number of nitrogens with one attached hydrogen (secondary N) is 1. The van der Waals surface area contributed by atoms with E-state index in [2.05, 4.69) is 20.9 Å². The van der Waals surface area contributed by atoms with Gasteiger partial charge in [-0.3, -0.25) is 24.0 Å². The lowest BCUT2D eigenvalue weighted by Gasteiger charge is -2.23. The number of carbonyl (C=O) groups is 4. The van der Waals surface area contributed by atoms with Crippen LogP contribution >= 0.6 is 15.9 Å². The summed E-state index contributed by atoms with van der Waals surface area (Å²) in [6.45, 7) is 2.29. The molecule has 11 nitrogen and oxygen atoms in total. The number of hydrogen-bond donors (Lipinski definition) is 4. The van der Waals surface area contributed by atoms with Crippen molar-refractivity contribution in [2.75, 3.05) is 27.2 Å². The summed E-state index contributed by atoms with van der Waals surface area (Å²) in [7, 11) is 3.56. The average molecular weight is 675 g/mol. The van der Waals surface area contributed by atoms with Gasteiger partial charge >= 0.3 is 0 Å². The standard InChI is InChI=1S/C33H27BrN2O9/c1-4-5-6-7-14-12-16-19(32(44)35-14)29(41)24-15(25(16)34)8-9-33(24)30(42)22-23(31(33)43)28(40)21-20(27(22)39)17(37)13-18(26(21)38)45-11-10-36(2)3/h4-7,12-13,39-41H,8-11H2,1-3H3,(H,35,44)/b5-4+,7-6+/t33-/m0/s1. The van der Waals surface area contributed by atoms with Crippen molar-refractivity contribution in [1.29, 1.82) is 0 Å². The van der Waals surface area contributed by atoms with Gasteiger partial charge in [0.15, 0.2) is 23.1 Å². The molecule has 0 bridgehead atoms. The number of phenolic OH excluding ortho intramolecular Hbond substituents is 3. The molecule has 0 radical (unpaired) electrons. The number of nitrogens with zero attached hydrogens (tertiary/aromatic N) is 1. The number of carbonyl (C=O) groups excluding carboxylic acids is 4. The number of aromatic amines is 1. The van der Waals surface area contributed by atoms with Gasteiger partial charge in [-0.2, -0.15) is 0 Å². The van der Waals surface area contributed by atoms with Gasteiger partial charge < -0.3 is 29.9 Å². The number of pyridine rings is 1. The summed E-state index contributed by atoms with van der Waals surface area (Å²) in [5.41, 5.74) is -4.59. The highest BCUT2D eigenvalue weighted by Gasteiger charge is 2.62. The number of halogens is 1. The van der Waals surface area contributed by atoms with Crippen LogP contribution in [0.25, 0.3) is 16.8 Å². The number of allylic oxidation sites excluding steroid dienone is 5. The summed E-state index contributed by atoms with van der Waals surface area (Å²) in [6.07, 6.45) is 7.81. The van der Waals surface area contributed by atoms with Gasteiger partial charge in [0.25, 0.3) is 5.56 Å². The van der Waals surface area contributed by atoms with E-state index in [0.29, 0.717) is 27.7 Å². The van der Waals surface area contributed by atoms with E-state index in [9.17, 15) is 39.3 Å². The smallest absolute Gasteiger partial charge is 0.260 e. The first-order chi connectivity index (χ1) is 21.4. The van der Waals surface area contributed by atoms with Crippen molar-refractivity contribution in [1.82, 2.24) is 9.88 Å². The molecular weight excluding hydrogens is 648 g/mol. The summed E-state index contributed by atoms with van der Waals surface area (Å²) in [6, 6.07) is 1.65. The Kier molecular flexibility index (Phi) is 7.17. The summed E-state index contributed by atoms with van der Waals surface area (Å²) < 4.78 is 5.87. The molecule has 0 amide bonds. The summed E-state index contributed by atoms with van der Waals surface area (Å²) in [5.74, 6) is -6.58. The van der Waals surface area contributed by atoms with Crippen molar-refractivity contribution in [2.45, 2.75) is 25.2 Å². The fraction of sp³-hybridized carbons (Fsp3) is 0.242. The van der Waals surface area contributed by atoms with Crippen molar-refractivity contribution >= 4 is 55.9 Å². The summed E-state index contributed by atoms with van der Waals surface area (Å²) in [4.78, 5) is 72.7. The Morgan fingerprint density at radius 3 is 2.29 bits per heavy atom. The Morgan fingerprint density at radius 2 is 1.64 bits per heavy atom. The third-order valence-corrected chi connectivity index (χ3v) is 9.42. The molecule has 2 aromatic carbocycles. The van der Waals surface area contributed by atoms with Gasteiger partial charge in [0, 0.05) is 33.7 Å². The third kappa shape index (κ3) is 4.16. The monoisotopic (exact) mass is 674 g/mol. The van der Waals surface area contributed by atoms with Crippen LogP contribution in [-0.4, -0.2) is 75.6 Å². The molecule has 6 rings (SSSR count). The molecular formula is C33H27BrN2O9. The molecule has 4 N–H and O–H groups in total. The number of ketones is 4. The molecule has 0 unspecified atom stereocenters. The van der Waals surface area contributed by atoms with E-state index >= 15 is 0 Å². The first-order valence-electron chi connectivity index (χ1n) is 14.1. The Morgan fingerprint density at radius 1 is 0.978 bits per heavy atom. The predicted octanol–water partition coefficient (Wildman–Crippen LogP) is 4.10. The second-order valence-corrected chi connectivity index (χ2v) is 12.2. The number of aromatic hydroxyl groups is 3. The minimum atomic E-state index is -2.13. The number of Topliss-reactive ketones (excluding diaryl/α,β-unsaturated/α-hetero) is 3. The van der Waals surface area contributed by atoms with Gasteiger partial charge in [-0.25, -0.2) is 0 Å². The van der Waals surface area contributed by atoms with Crippen molar-refractivity contribution in [3.63, 3.8) is 0 Å². The van der Waals surface area contributed by atoms with Crippen LogP contribution in [0, 0.1) is 0 Å². The van der Waals surface area contributed by atoms with E-state index < -0.39 is 73.6 Å². The number of phenols is 3. The normalized spacial score (nSPS) is 19.0. The van der Waals surface area contributed by atoms with Crippen LogP contribution in [0.1, 0.15) is 71.6 Å². The second-order valence-electron chi connectivity index (χ2n) is 11.4. The van der Waals surface area contributed by atoms with Gasteiger partial charge in [-0.15, -0.1) is 0 Å². The van der Waals surface area contributed by atoms with E-state index in [1.165, 1.54) is 0 Å². The predicted molar refractivity (Wildman–Crippen MR) is 167 cm³/mol. The van der Waals surface area contributed by atoms with Crippen molar-refractivity contribution in [3.8, 4) is 17.2 Å². The highest BCUT2D eigenvalue weighted by molar-refractivity contribution is 9.10. The highest BCUT2D eigenvalue weighted by atomic mass is 79.9. The fourth-order valence-electron chi connectivity index (χ4n) is 6.46. The zero-order valence-electron chi connectivity index (χ0n) is 24.4. The first-order valence-corrected chi connectivity index (χ1v) is 14.9. The Labute approximate surface area is 264 Å². The molecule has 0 aliphatic heterocycles. The van der Waals surface area contributed by atoms with Crippen LogP contribution in [0.3, 0.4) is 0 Å². The number of likely N-dealkylation sites (N-methyl/N-ethyl adjacent to an activating group) is 1. The second kappa shape index (κ2) is 10.7. The molecule has 1 heterocycles. The van der Waals surface area contributed by atoms with Gasteiger partial charge in [-0.05, 0) is 67.5 Å². The molecule has 3 aromatic rings. The van der Waals surface area contributed by atoms with E-state index in [0.717, 1.165) is 6.08 Å². The Hall–Kier alpha value is -4.81. The Balaban J connectivity index is 1.53. The average Bonchev–Trinajstić information content (AvgIpc) is 3.49. The molecule has 0 saturated heterocycles. The number of ether oxygens (including phenoxy) is 1. The van der Waals surface area contributed by atoms with Crippen LogP contribution < -0.4 is 5.56 Å². The first kappa shape index (κ1) is 30.2.